The summed E-state index contributed by atoms with van der Waals surface area (Å²) in [5.74, 6) is 0. The van der Waals surface area contributed by atoms with Gasteiger partial charge in [-0.3, -0.25) is 4.90 Å². The minimum absolute atomic E-state index is 0.171. The fourth-order valence-electron chi connectivity index (χ4n) is 2.55. The molecule has 2 unspecified atom stereocenters. The highest BCUT2D eigenvalue weighted by atomic mass is 16.5. The number of nitrogens with zero attached hydrogens (tertiary/aromatic N) is 2. The first-order valence-corrected chi connectivity index (χ1v) is 5.28. The van der Waals surface area contributed by atoms with Gasteiger partial charge in [0.2, 0.25) is 0 Å². The van der Waals surface area contributed by atoms with Gasteiger partial charge in [0.05, 0.1) is 6.17 Å². The third kappa shape index (κ3) is 1.19. The molecule has 1 N–H and O–H groups in total. The molecular formula is C11H13N2O2-. The summed E-state index contributed by atoms with van der Waals surface area (Å²) in [6, 6.07) is 7.29. The van der Waals surface area contributed by atoms with E-state index in [1.165, 1.54) is 0 Å². The molecule has 4 heteroatoms. The zero-order valence-corrected chi connectivity index (χ0v) is 8.34. The molecule has 0 spiro atoms. The number of benzene rings is 1. The van der Waals surface area contributed by atoms with E-state index in [0.29, 0.717) is 5.69 Å². The van der Waals surface area contributed by atoms with Gasteiger partial charge >= 0.3 is 0 Å². The van der Waals surface area contributed by atoms with E-state index in [2.05, 4.69) is 0 Å². The van der Waals surface area contributed by atoms with E-state index in [9.17, 15) is 10.3 Å². The Balaban J connectivity index is 2.10. The largest absolute Gasteiger partial charge is 0.757 e. The minimum atomic E-state index is -0.612. The van der Waals surface area contributed by atoms with E-state index in [1.54, 1.807) is 6.07 Å². The van der Waals surface area contributed by atoms with Crippen molar-refractivity contribution in [3.63, 3.8) is 0 Å². The Kier molecular flexibility index (Phi) is 1.95. The van der Waals surface area contributed by atoms with Crippen LogP contribution < -0.4 is 5.06 Å². The van der Waals surface area contributed by atoms with Crippen LogP contribution in [0.2, 0.25) is 0 Å². The average Bonchev–Trinajstić information content (AvgIpc) is 2.75. The van der Waals surface area contributed by atoms with Gasteiger partial charge in [-0.2, -0.15) is 0 Å². The van der Waals surface area contributed by atoms with Crippen LogP contribution in [0.3, 0.4) is 0 Å². The number of anilines is 1. The van der Waals surface area contributed by atoms with Gasteiger partial charge in [0.1, 0.15) is 6.23 Å². The van der Waals surface area contributed by atoms with E-state index < -0.39 is 6.23 Å². The van der Waals surface area contributed by atoms with Crippen molar-refractivity contribution in [1.82, 2.24) is 4.90 Å². The maximum absolute atomic E-state index is 12.0. The summed E-state index contributed by atoms with van der Waals surface area (Å²) in [4.78, 5) is 1.87. The Hall–Kier alpha value is -1.10. The summed E-state index contributed by atoms with van der Waals surface area (Å²) in [5.41, 5.74) is 1.35. The van der Waals surface area contributed by atoms with Crippen molar-refractivity contribution in [2.45, 2.75) is 25.2 Å². The van der Waals surface area contributed by atoms with E-state index in [0.717, 1.165) is 30.0 Å². The zero-order valence-electron chi connectivity index (χ0n) is 8.34. The second-order valence-corrected chi connectivity index (χ2v) is 4.12. The Bertz CT molecular complexity index is 348. The molecule has 2 aliphatic heterocycles. The van der Waals surface area contributed by atoms with Crippen LogP contribution in [-0.4, -0.2) is 22.7 Å². The van der Waals surface area contributed by atoms with Crippen LogP contribution in [0.25, 0.3) is 0 Å². The van der Waals surface area contributed by atoms with E-state index in [-0.39, 0.29) is 6.17 Å². The van der Waals surface area contributed by atoms with Crippen LogP contribution in [0.5, 0.6) is 0 Å². The summed E-state index contributed by atoms with van der Waals surface area (Å²) in [6.45, 7) is 0.804. The lowest BCUT2D eigenvalue weighted by Crippen LogP contribution is -2.47. The molecule has 1 aromatic carbocycles. The molecule has 0 radical (unpaired) electrons. The summed E-state index contributed by atoms with van der Waals surface area (Å²) >= 11 is 0. The lowest BCUT2D eigenvalue weighted by Gasteiger charge is -2.49. The van der Waals surface area contributed by atoms with Gasteiger partial charge in [-0.1, -0.05) is 18.2 Å². The predicted molar refractivity (Wildman–Crippen MR) is 57.0 cm³/mol. The molecule has 2 atom stereocenters. The van der Waals surface area contributed by atoms with Gasteiger partial charge in [-0.15, -0.1) is 0 Å². The Labute approximate surface area is 88.3 Å². The lowest BCUT2D eigenvalue weighted by atomic mass is 10.1. The van der Waals surface area contributed by atoms with E-state index in [1.807, 2.05) is 23.1 Å². The number of aliphatic hydroxyl groups is 1. The van der Waals surface area contributed by atoms with Crippen molar-refractivity contribution in [2.24, 2.45) is 0 Å². The van der Waals surface area contributed by atoms with Gasteiger partial charge in [0.15, 0.2) is 0 Å². The highest BCUT2D eigenvalue weighted by molar-refractivity contribution is 5.57. The van der Waals surface area contributed by atoms with Crippen LogP contribution in [0.15, 0.2) is 24.3 Å². The molecule has 1 fully saturated rings. The minimum Gasteiger partial charge on any atom is -0.757 e. The maximum Gasteiger partial charge on any atom is 0.137 e. The molecule has 4 nitrogen and oxygen atoms in total. The first-order chi connectivity index (χ1) is 7.29. The van der Waals surface area contributed by atoms with Gasteiger partial charge in [0.25, 0.3) is 0 Å². The molecule has 2 heterocycles. The molecule has 0 saturated carbocycles. The molecule has 3 rings (SSSR count). The van der Waals surface area contributed by atoms with Crippen LogP contribution in [0, 0.1) is 5.21 Å². The van der Waals surface area contributed by atoms with Crippen molar-refractivity contribution >= 4 is 5.69 Å². The Morgan fingerprint density at radius 3 is 3.00 bits per heavy atom. The third-order valence-corrected chi connectivity index (χ3v) is 3.30. The second-order valence-electron chi connectivity index (χ2n) is 4.12. The van der Waals surface area contributed by atoms with E-state index >= 15 is 0 Å². The number of hydrogen-bond acceptors (Lipinski definition) is 4. The predicted octanol–water partition coefficient (Wildman–Crippen LogP) is 1.42. The number of rotatable bonds is 0. The lowest BCUT2D eigenvalue weighted by molar-refractivity contribution is -0.0129. The highest BCUT2D eigenvalue weighted by Gasteiger charge is 2.37. The van der Waals surface area contributed by atoms with E-state index in [4.69, 9.17) is 0 Å². The summed E-state index contributed by atoms with van der Waals surface area (Å²) in [7, 11) is 0. The molecule has 0 aromatic heterocycles. The van der Waals surface area contributed by atoms with Crippen LogP contribution >= 0.6 is 0 Å². The molecule has 0 aliphatic carbocycles. The average molecular weight is 205 g/mol. The zero-order chi connectivity index (χ0) is 10.4. The van der Waals surface area contributed by atoms with Crippen LogP contribution in [-0.2, 0) is 0 Å². The Morgan fingerprint density at radius 2 is 2.13 bits per heavy atom. The highest BCUT2D eigenvalue weighted by Crippen LogP contribution is 2.40. The summed E-state index contributed by atoms with van der Waals surface area (Å²) < 4.78 is 0. The number of hydrogen-bond donors (Lipinski definition) is 1. The number of aliphatic hydroxyl groups excluding tert-OH is 1. The SMILES string of the molecule is [O-]N1c2ccccc2C(O)N2CCCC12. The van der Waals surface area contributed by atoms with Crippen LogP contribution in [0.4, 0.5) is 5.69 Å². The number of para-hydroxylation sites is 1. The fourth-order valence-corrected chi connectivity index (χ4v) is 2.55. The summed E-state index contributed by atoms with van der Waals surface area (Å²) in [6.07, 6.45) is 1.04. The first kappa shape index (κ1) is 9.15. The van der Waals surface area contributed by atoms with Gasteiger partial charge in [-0.05, 0) is 18.9 Å². The molecule has 1 saturated heterocycles. The van der Waals surface area contributed by atoms with Crippen molar-refractivity contribution in [3.8, 4) is 0 Å². The van der Waals surface area contributed by atoms with Crippen molar-refractivity contribution in [3.05, 3.63) is 35.0 Å². The quantitative estimate of drug-likeness (QED) is 0.695. The molecular weight excluding hydrogens is 192 g/mol. The summed E-state index contributed by atoms with van der Waals surface area (Å²) in [5, 5.41) is 23.2. The standard InChI is InChI=1S/C11H13N2O2/c14-11-8-4-1-2-5-9(8)13(15)10-6-3-7-12(10)11/h1-2,4-5,10-11,14H,3,6-7H2/q-1. The van der Waals surface area contributed by atoms with Crippen molar-refractivity contribution < 1.29 is 5.11 Å². The third-order valence-electron chi connectivity index (χ3n) is 3.30. The van der Waals surface area contributed by atoms with Gasteiger partial charge < -0.3 is 15.4 Å². The molecule has 15 heavy (non-hydrogen) atoms. The van der Waals surface area contributed by atoms with Gasteiger partial charge in [0, 0.05) is 17.8 Å². The van der Waals surface area contributed by atoms with Gasteiger partial charge in [-0.25, -0.2) is 0 Å². The van der Waals surface area contributed by atoms with Crippen molar-refractivity contribution in [1.29, 1.82) is 0 Å². The molecule has 0 bridgehead atoms. The fraction of sp³-hybridized carbons (Fsp3) is 0.455. The van der Waals surface area contributed by atoms with Crippen molar-refractivity contribution in [2.75, 3.05) is 11.6 Å². The monoisotopic (exact) mass is 205 g/mol. The number of fused-ring (bicyclic) bond motifs is 2. The normalized spacial score (nSPS) is 30.1. The van der Waals surface area contributed by atoms with Crippen LogP contribution in [0.1, 0.15) is 24.6 Å². The molecule has 0 amide bonds. The smallest absolute Gasteiger partial charge is 0.137 e. The molecule has 1 aromatic rings. The molecule has 2 aliphatic rings. The number of hydroxylamine groups is 1. The maximum atomic E-state index is 12.0. The Morgan fingerprint density at radius 1 is 1.33 bits per heavy atom. The second kappa shape index (κ2) is 3.20. The molecule has 80 valence electrons. The first-order valence-electron chi connectivity index (χ1n) is 5.28. The topological polar surface area (TPSA) is 49.8 Å².